The van der Waals surface area contributed by atoms with Crippen LogP contribution in [-0.2, 0) is 4.79 Å². The lowest BCUT2D eigenvalue weighted by molar-refractivity contribution is -0.121. The molecule has 1 N–H and O–H groups in total. The van der Waals surface area contributed by atoms with E-state index in [1.54, 1.807) is 0 Å². The second kappa shape index (κ2) is 4.24. The molecule has 3 heteroatoms. The highest BCUT2D eigenvalue weighted by Crippen LogP contribution is 2.23. The van der Waals surface area contributed by atoms with Crippen molar-refractivity contribution in [3.63, 3.8) is 0 Å². The molecule has 12 heavy (non-hydrogen) atoms. The van der Waals surface area contributed by atoms with E-state index in [9.17, 15) is 9.28 Å². The number of halogens is 1. The Hall–Kier alpha value is -0.860. The first-order valence-electron chi connectivity index (χ1n) is 4.35. The van der Waals surface area contributed by atoms with Gasteiger partial charge >= 0.3 is 0 Å². The van der Waals surface area contributed by atoms with E-state index in [1.165, 1.54) is 5.54 Å². The van der Waals surface area contributed by atoms with Crippen molar-refractivity contribution >= 4 is 5.91 Å². The number of nitrogens with one attached hydrogen (secondary N) is 1. The molecule has 1 rings (SSSR count). The third-order valence-corrected chi connectivity index (χ3v) is 2.35. The minimum atomic E-state index is -0.547. The van der Waals surface area contributed by atoms with Crippen LogP contribution >= 0.6 is 0 Å². The molecule has 0 radical (unpaired) electrons. The van der Waals surface area contributed by atoms with Crippen molar-refractivity contribution in [2.24, 2.45) is 0 Å². The largest absolute Gasteiger partial charge is 0.274 e. The summed E-state index contributed by atoms with van der Waals surface area (Å²) >= 11 is 0. The Labute approximate surface area is 71.8 Å². The van der Waals surface area contributed by atoms with Crippen molar-refractivity contribution in [3.8, 4) is 0 Å². The molecule has 0 heterocycles. The highest BCUT2D eigenvalue weighted by Gasteiger charge is 2.14. The average molecular weight is 171 g/mol. The van der Waals surface area contributed by atoms with Gasteiger partial charge in [0, 0.05) is 5.57 Å². The molecule has 0 fully saturated rings. The highest BCUT2D eigenvalue weighted by molar-refractivity contribution is 5.93. The van der Waals surface area contributed by atoms with Crippen LogP contribution in [-0.4, -0.2) is 5.91 Å². The van der Waals surface area contributed by atoms with Crippen molar-refractivity contribution in [2.75, 3.05) is 0 Å². The Morgan fingerprint density at radius 1 is 1.33 bits per heavy atom. The molecule has 0 aromatic carbocycles. The van der Waals surface area contributed by atoms with E-state index < -0.39 is 5.91 Å². The highest BCUT2D eigenvalue weighted by atomic mass is 19.2. The molecule has 0 aromatic heterocycles. The van der Waals surface area contributed by atoms with Crippen LogP contribution in [0.3, 0.4) is 0 Å². The SMILES string of the molecule is CC1=C(C(=O)NF)CCCCC1. The summed E-state index contributed by atoms with van der Waals surface area (Å²) in [6.07, 6.45) is 4.92. The van der Waals surface area contributed by atoms with Gasteiger partial charge in [-0.2, -0.15) is 5.54 Å². The maximum absolute atomic E-state index is 11.8. The fourth-order valence-corrected chi connectivity index (χ4v) is 1.60. The third-order valence-electron chi connectivity index (χ3n) is 2.35. The summed E-state index contributed by atoms with van der Waals surface area (Å²) in [6, 6.07) is 0. The predicted molar refractivity (Wildman–Crippen MR) is 45.0 cm³/mol. The van der Waals surface area contributed by atoms with Crippen LogP contribution in [0.25, 0.3) is 0 Å². The standard InChI is InChI=1S/C9H14FNO/c1-7-5-3-2-4-6-8(7)9(12)11-10/h2-6H2,1H3,(H,11,12). The summed E-state index contributed by atoms with van der Waals surface area (Å²) in [5.74, 6) is -0.547. The number of hydrogen-bond acceptors (Lipinski definition) is 1. The molecule has 0 spiro atoms. The number of amides is 1. The van der Waals surface area contributed by atoms with Gasteiger partial charge in [-0.25, -0.2) is 0 Å². The van der Waals surface area contributed by atoms with E-state index in [0.29, 0.717) is 5.57 Å². The van der Waals surface area contributed by atoms with E-state index in [0.717, 1.165) is 37.7 Å². The van der Waals surface area contributed by atoms with Crippen LogP contribution in [0.15, 0.2) is 11.1 Å². The molecule has 0 saturated carbocycles. The zero-order valence-corrected chi connectivity index (χ0v) is 7.32. The van der Waals surface area contributed by atoms with Crippen LogP contribution in [0.5, 0.6) is 0 Å². The van der Waals surface area contributed by atoms with Crippen molar-refractivity contribution in [1.29, 1.82) is 0 Å². The minimum absolute atomic E-state index is 0.547. The number of hydrogen-bond donors (Lipinski definition) is 1. The van der Waals surface area contributed by atoms with Gasteiger partial charge in [-0.05, 0) is 32.6 Å². The molecule has 0 atom stereocenters. The zero-order valence-electron chi connectivity index (χ0n) is 7.32. The van der Waals surface area contributed by atoms with Crippen molar-refractivity contribution in [2.45, 2.75) is 39.0 Å². The van der Waals surface area contributed by atoms with Crippen LogP contribution in [0, 0.1) is 0 Å². The van der Waals surface area contributed by atoms with Gasteiger partial charge in [0.1, 0.15) is 0 Å². The number of carbonyl (C=O) groups excluding carboxylic acids is 1. The molecule has 0 bridgehead atoms. The molecule has 1 amide bonds. The summed E-state index contributed by atoms with van der Waals surface area (Å²) in [6.45, 7) is 1.91. The Bertz CT molecular complexity index is 211. The Balaban J connectivity index is 2.74. The van der Waals surface area contributed by atoms with Crippen LogP contribution in [0.2, 0.25) is 0 Å². The minimum Gasteiger partial charge on any atom is -0.267 e. The van der Waals surface area contributed by atoms with E-state index in [4.69, 9.17) is 0 Å². The van der Waals surface area contributed by atoms with Gasteiger partial charge in [0.15, 0.2) is 0 Å². The van der Waals surface area contributed by atoms with Gasteiger partial charge in [0.05, 0.1) is 0 Å². The molecule has 1 aliphatic rings. The lowest BCUT2D eigenvalue weighted by Crippen LogP contribution is -2.17. The lowest BCUT2D eigenvalue weighted by atomic mass is 10.0. The summed E-state index contributed by atoms with van der Waals surface area (Å²) in [7, 11) is 0. The summed E-state index contributed by atoms with van der Waals surface area (Å²) in [4.78, 5) is 11.0. The van der Waals surface area contributed by atoms with Crippen molar-refractivity contribution in [1.82, 2.24) is 5.54 Å². The first kappa shape index (κ1) is 9.23. The third kappa shape index (κ3) is 2.06. The maximum atomic E-state index is 11.8. The summed E-state index contributed by atoms with van der Waals surface area (Å²) in [5, 5.41) is 0. The van der Waals surface area contributed by atoms with Crippen molar-refractivity contribution in [3.05, 3.63) is 11.1 Å². The molecule has 0 aromatic rings. The quantitative estimate of drug-likeness (QED) is 0.602. The molecule has 0 aliphatic heterocycles. The van der Waals surface area contributed by atoms with Crippen LogP contribution < -0.4 is 5.54 Å². The number of carbonyl (C=O) groups is 1. The maximum Gasteiger partial charge on any atom is 0.274 e. The average Bonchev–Trinajstić information content (AvgIpc) is 2.28. The Morgan fingerprint density at radius 2 is 2.00 bits per heavy atom. The van der Waals surface area contributed by atoms with Gasteiger partial charge in [-0.1, -0.05) is 16.5 Å². The van der Waals surface area contributed by atoms with Gasteiger partial charge < -0.3 is 0 Å². The summed E-state index contributed by atoms with van der Waals surface area (Å²) < 4.78 is 11.8. The van der Waals surface area contributed by atoms with Gasteiger partial charge in [0.2, 0.25) is 0 Å². The second-order valence-electron chi connectivity index (χ2n) is 3.24. The summed E-state index contributed by atoms with van der Waals surface area (Å²) in [5.41, 5.74) is 2.89. The normalized spacial score (nSPS) is 18.8. The topological polar surface area (TPSA) is 29.1 Å². The second-order valence-corrected chi connectivity index (χ2v) is 3.24. The number of rotatable bonds is 1. The Morgan fingerprint density at radius 3 is 2.67 bits per heavy atom. The number of allylic oxidation sites excluding steroid dienone is 1. The fourth-order valence-electron chi connectivity index (χ4n) is 1.60. The van der Waals surface area contributed by atoms with Crippen LogP contribution in [0.4, 0.5) is 4.48 Å². The molecule has 0 saturated heterocycles. The van der Waals surface area contributed by atoms with E-state index in [-0.39, 0.29) is 0 Å². The monoisotopic (exact) mass is 171 g/mol. The zero-order chi connectivity index (χ0) is 8.97. The Kier molecular flexibility index (Phi) is 3.26. The van der Waals surface area contributed by atoms with Gasteiger partial charge in [0.25, 0.3) is 5.91 Å². The van der Waals surface area contributed by atoms with E-state index in [2.05, 4.69) is 0 Å². The lowest BCUT2D eigenvalue weighted by Gasteiger charge is -2.04. The van der Waals surface area contributed by atoms with Gasteiger partial charge in [-0.15, -0.1) is 0 Å². The van der Waals surface area contributed by atoms with Gasteiger partial charge in [-0.3, -0.25) is 4.79 Å². The van der Waals surface area contributed by atoms with Crippen molar-refractivity contribution < 1.29 is 9.28 Å². The molecule has 0 unspecified atom stereocenters. The molecular formula is C9H14FNO. The van der Waals surface area contributed by atoms with E-state index in [1.807, 2.05) is 6.92 Å². The van der Waals surface area contributed by atoms with Crippen LogP contribution in [0.1, 0.15) is 39.0 Å². The molecule has 68 valence electrons. The molecule has 2 nitrogen and oxygen atoms in total. The molecular weight excluding hydrogens is 157 g/mol. The first-order valence-corrected chi connectivity index (χ1v) is 4.35. The fraction of sp³-hybridized carbons (Fsp3) is 0.667. The first-order chi connectivity index (χ1) is 5.75. The predicted octanol–water partition coefficient (Wildman–Crippen LogP) is 2.27. The van der Waals surface area contributed by atoms with E-state index >= 15 is 0 Å². The molecule has 1 aliphatic carbocycles. The smallest absolute Gasteiger partial charge is 0.267 e.